The van der Waals surface area contributed by atoms with Gasteiger partial charge in [0.1, 0.15) is 5.82 Å². The van der Waals surface area contributed by atoms with E-state index >= 15 is 0 Å². The maximum atomic E-state index is 11.7. The van der Waals surface area contributed by atoms with Gasteiger partial charge >= 0.3 is 0 Å². The van der Waals surface area contributed by atoms with E-state index in [1.165, 1.54) is 11.1 Å². The number of nitrogens with zero attached hydrogens (tertiary/aromatic N) is 3. The van der Waals surface area contributed by atoms with Crippen LogP contribution in [0.25, 0.3) is 0 Å². The van der Waals surface area contributed by atoms with Crippen LogP contribution in [-0.4, -0.2) is 60.8 Å². The molecular formula is C13H20N4O2. The molecule has 0 bridgehead atoms. The average molecular weight is 264 g/mol. The van der Waals surface area contributed by atoms with Crippen LogP contribution in [0.1, 0.15) is 17.3 Å². The first kappa shape index (κ1) is 14.9. The molecule has 1 aromatic heterocycles. The smallest absolute Gasteiger partial charge is 0.254 e. The first-order valence-corrected chi connectivity index (χ1v) is 6.11. The summed E-state index contributed by atoms with van der Waals surface area (Å²) in [4.78, 5) is 30.5. The third kappa shape index (κ3) is 4.24. The third-order valence-electron chi connectivity index (χ3n) is 2.74. The van der Waals surface area contributed by atoms with Crippen LogP contribution < -0.4 is 5.32 Å². The van der Waals surface area contributed by atoms with Crippen molar-refractivity contribution in [3.8, 4) is 0 Å². The van der Waals surface area contributed by atoms with Crippen LogP contribution in [0.4, 0.5) is 5.82 Å². The van der Waals surface area contributed by atoms with Crippen molar-refractivity contribution >= 4 is 17.6 Å². The molecule has 1 rings (SSSR count). The molecule has 0 aliphatic rings. The molecule has 1 N–H and O–H groups in total. The topological polar surface area (TPSA) is 65.5 Å². The van der Waals surface area contributed by atoms with Crippen molar-refractivity contribution in [2.75, 3.05) is 39.5 Å². The first-order valence-electron chi connectivity index (χ1n) is 6.11. The maximum absolute atomic E-state index is 11.7. The molecule has 0 saturated heterocycles. The van der Waals surface area contributed by atoms with Crippen LogP contribution in [0.5, 0.6) is 0 Å². The second-order valence-electron chi connectivity index (χ2n) is 4.39. The zero-order chi connectivity index (χ0) is 14.4. The van der Waals surface area contributed by atoms with Crippen LogP contribution in [0.2, 0.25) is 0 Å². The van der Waals surface area contributed by atoms with Crippen molar-refractivity contribution in [2.45, 2.75) is 6.92 Å². The van der Waals surface area contributed by atoms with Gasteiger partial charge in [-0.25, -0.2) is 4.98 Å². The Morgan fingerprint density at radius 2 is 1.95 bits per heavy atom. The van der Waals surface area contributed by atoms with E-state index in [1.54, 1.807) is 38.2 Å². The molecule has 0 aromatic carbocycles. The van der Waals surface area contributed by atoms with Crippen LogP contribution in [0.15, 0.2) is 18.3 Å². The highest BCUT2D eigenvalue weighted by Crippen LogP contribution is 2.06. The minimum absolute atomic E-state index is 0.00209. The predicted molar refractivity (Wildman–Crippen MR) is 74.1 cm³/mol. The highest BCUT2D eigenvalue weighted by Gasteiger charge is 2.09. The molecule has 0 atom stereocenters. The first-order chi connectivity index (χ1) is 8.95. The molecule has 6 heteroatoms. The van der Waals surface area contributed by atoms with Gasteiger partial charge in [-0.15, -0.1) is 0 Å². The minimum atomic E-state index is -0.0964. The summed E-state index contributed by atoms with van der Waals surface area (Å²) in [5, 5.41) is 2.93. The van der Waals surface area contributed by atoms with Crippen molar-refractivity contribution < 1.29 is 9.59 Å². The van der Waals surface area contributed by atoms with Gasteiger partial charge < -0.3 is 15.1 Å². The molecule has 0 unspecified atom stereocenters. The Labute approximate surface area is 113 Å². The fraction of sp³-hybridized carbons (Fsp3) is 0.462. The lowest BCUT2D eigenvalue weighted by Gasteiger charge is -2.15. The van der Waals surface area contributed by atoms with Gasteiger partial charge in [0.05, 0.1) is 12.1 Å². The normalized spacial score (nSPS) is 9.89. The highest BCUT2D eigenvalue weighted by atomic mass is 16.2. The Bertz CT molecular complexity index is 442. The molecule has 0 saturated carbocycles. The van der Waals surface area contributed by atoms with Crippen molar-refractivity contribution in [2.24, 2.45) is 0 Å². The molecule has 1 heterocycles. The Morgan fingerprint density at radius 3 is 2.42 bits per heavy atom. The van der Waals surface area contributed by atoms with E-state index in [0.717, 1.165) is 0 Å². The molecule has 0 spiro atoms. The number of hydrogen-bond acceptors (Lipinski definition) is 4. The Morgan fingerprint density at radius 1 is 1.26 bits per heavy atom. The number of aromatic nitrogens is 1. The molecule has 2 amide bonds. The van der Waals surface area contributed by atoms with E-state index in [4.69, 9.17) is 0 Å². The number of carbonyl (C=O) groups excluding carboxylic acids is 2. The lowest BCUT2D eigenvalue weighted by molar-refractivity contribution is -0.127. The summed E-state index contributed by atoms with van der Waals surface area (Å²) in [5.41, 5.74) is 0.521. The number of hydrogen-bond donors (Lipinski definition) is 1. The van der Waals surface area contributed by atoms with Gasteiger partial charge in [0.25, 0.3) is 5.91 Å². The number of amides is 2. The standard InChI is InChI=1S/C13H20N4O2/c1-5-17(4)12(18)9-15-11-7-6-10(8-14-11)13(19)16(2)3/h6-8H,5,9H2,1-4H3,(H,14,15). The van der Waals surface area contributed by atoms with E-state index in [2.05, 4.69) is 10.3 Å². The Balaban J connectivity index is 2.58. The molecule has 0 fully saturated rings. The Kier molecular flexibility index (Phi) is 5.29. The van der Waals surface area contributed by atoms with Crippen molar-refractivity contribution in [1.82, 2.24) is 14.8 Å². The number of carbonyl (C=O) groups is 2. The molecule has 0 radical (unpaired) electrons. The minimum Gasteiger partial charge on any atom is -0.361 e. The fourth-order valence-corrected chi connectivity index (χ4v) is 1.36. The number of likely N-dealkylation sites (N-methyl/N-ethyl adjacent to an activating group) is 1. The maximum Gasteiger partial charge on any atom is 0.254 e. The lowest BCUT2D eigenvalue weighted by Crippen LogP contribution is -2.32. The summed E-state index contributed by atoms with van der Waals surface area (Å²) in [6, 6.07) is 3.38. The number of pyridine rings is 1. The molecule has 104 valence electrons. The van der Waals surface area contributed by atoms with Crippen LogP contribution in [0, 0.1) is 0 Å². The largest absolute Gasteiger partial charge is 0.361 e. The molecule has 0 aliphatic carbocycles. The van der Waals surface area contributed by atoms with Gasteiger partial charge in [0.2, 0.25) is 5.91 Å². The van der Waals surface area contributed by atoms with E-state index in [0.29, 0.717) is 17.9 Å². The second kappa shape index (κ2) is 6.72. The molecule has 6 nitrogen and oxygen atoms in total. The van der Waals surface area contributed by atoms with Gasteiger partial charge in [-0.3, -0.25) is 9.59 Å². The van der Waals surface area contributed by atoms with Crippen molar-refractivity contribution in [3.05, 3.63) is 23.9 Å². The van der Waals surface area contributed by atoms with Gasteiger partial charge in [0, 0.05) is 33.9 Å². The van der Waals surface area contributed by atoms with Crippen molar-refractivity contribution in [3.63, 3.8) is 0 Å². The van der Waals surface area contributed by atoms with E-state index in [9.17, 15) is 9.59 Å². The van der Waals surface area contributed by atoms with E-state index in [-0.39, 0.29) is 18.4 Å². The number of nitrogens with one attached hydrogen (secondary N) is 1. The molecule has 19 heavy (non-hydrogen) atoms. The fourth-order valence-electron chi connectivity index (χ4n) is 1.36. The average Bonchev–Trinajstić information content (AvgIpc) is 2.43. The summed E-state index contributed by atoms with van der Waals surface area (Å²) in [5.74, 6) is 0.478. The summed E-state index contributed by atoms with van der Waals surface area (Å²) in [6.45, 7) is 2.78. The zero-order valence-electron chi connectivity index (χ0n) is 11.8. The van der Waals surface area contributed by atoms with E-state index < -0.39 is 0 Å². The quantitative estimate of drug-likeness (QED) is 0.849. The van der Waals surface area contributed by atoms with Crippen molar-refractivity contribution in [1.29, 1.82) is 0 Å². The summed E-state index contributed by atoms with van der Waals surface area (Å²) < 4.78 is 0. The van der Waals surface area contributed by atoms with Gasteiger partial charge in [-0.2, -0.15) is 0 Å². The number of rotatable bonds is 5. The number of anilines is 1. The van der Waals surface area contributed by atoms with Gasteiger partial charge in [-0.1, -0.05) is 0 Å². The zero-order valence-corrected chi connectivity index (χ0v) is 11.8. The molecular weight excluding hydrogens is 244 g/mol. The van der Waals surface area contributed by atoms with Crippen LogP contribution in [0.3, 0.4) is 0 Å². The summed E-state index contributed by atoms with van der Waals surface area (Å²) in [7, 11) is 5.12. The van der Waals surface area contributed by atoms with Gasteiger partial charge in [0.15, 0.2) is 0 Å². The van der Waals surface area contributed by atoms with E-state index in [1.807, 2.05) is 6.92 Å². The Hall–Kier alpha value is -2.11. The molecule has 1 aromatic rings. The monoisotopic (exact) mass is 264 g/mol. The predicted octanol–water partition coefficient (Wildman–Crippen LogP) is 0.674. The SMILES string of the molecule is CCN(C)C(=O)CNc1ccc(C(=O)N(C)C)cn1. The second-order valence-corrected chi connectivity index (χ2v) is 4.39. The van der Waals surface area contributed by atoms with Crippen LogP contribution >= 0.6 is 0 Å². The molecule has 0 aliphatic heterocycles. The summed E-state index contributed by atoms with van der Waals surface area (Å²) >= 11 is 0. The highest BCUT2D eigenvalue weighted by molar-refractivity contribution is 5.93. The van der Waals surface area contributed by atoms with Gasteiger partial charge in [-0.05, 0) is 19.1 Å². The lowest BCUT2D eigenvalue weighted by atomic mass is 10.2. The third-order valence-corrected chi connectivity index (χ3v) is 2.74. The summed E-state index contributed by atoms with van der Waals surface area (Å²) in [6.07, 6.45) is 1.50. The van der Waals surface area contributed by atoms with Crippen LogP contribution in [-0.2, 0) is 4.79 Å².